The van der Waals surface area contributed by atoms with Gasteiger partial charge in [-0.3, -0.25) is 14.4 Å². The van der Waals surface area contributed by atoms with Gasteiger partial charge in [0.25, 0.3) is 0 Å². The lowest BCUT2D eigenvalue weighted by Crippen LogP contribution is -2.51. The highest BCUT2D eigenvalue weighted by Crippen LogP contribution is 2.31. The lowest BCUT2D eigenvalue weighted by Gasteiger charge is -2.34. The van der Waals surface area contributed by atoms with Crippen LogP contribution in [0, 0.1) is 11.8 Å². The molecule has 3 N–H and O–H groups in total. The maximum Gasteiger partial charge on any atom is 0.317 e. The van der Waals surface area contributed by atoms with E-state index < -0.39 is 11.8 Å². The van der Waals surface area contributed by atoms with E-state index in [4.69, 9.17) is 0 Å². The Hall–Kier alpha value is -3.10. The van der Waals surface area contributed by atoms with Crippen molar-refractivity contribution in [2.45, 2.75) is 65.8 Å². The Morgan fingerprint density at radius 1 is 1.03 bits per heavy atom. The van der Waals surface area contributed by atoms with Crippen LogP contribution in [0.4, 0.5) is 16.2 Å². The van der Waals surface area contributed by atoms with Crippen LogP contribution in [0.2, 0.25) is 0 Å². The molecule has 0 aromatic heterocycles. The van der Waals surface area contributed by atoms with Gasteiger partial charge >= 0.3 is 17.8 Å². The molecule has 1 aromatic rings. The van der Waals surface area contributed by atoms with Gasteiger partial charge < -0.3 is 25.8 Å². The summed E-state index contributed by atoms with van der Waals surface area (Å²) in [6.45, 7) is 11.9. The van der Waals surface area contributed by atoms with Gasteiger partial charge in [-0.05, 0) is 70.1 Å². The Kier molecular flexibility index (Phi) is 8.40. The molecule has 1 fully saturated rings. The monoisotopic (exact) mass is 485 g/mol. The van der Waals surface area contributed by atoms with Crippen molar-refractivity contribution in [2.75, 3.05) is 36.4 Å². The van der Waals surface area contributed by atoms with Crippen molar-refractivity contribution in [1.82, 2.24) is 15.5 Å². The first-order chi connectivity index (χ1) is 16.4. The zero-order valence-corrected chi connectivity index (χ0v) is 21.6. The van der Waals surface area contributed by atoms with Crippen molar-refractivity contribution < 1.29 is 19.2 Å². The third-order valence-corrected chi connectivity index (χ3v) is 6.36. The minimum atomic E-state index is -0.732. The van der Waals surface area contributed by atoms with E-state index >= 15 is 0 Å². The molecule has 0 saturated carbocycles. The SMILES string of the molecule is CC(C)C(=O)N1CCCc2ccc(NC(=O)C(=O)NCC3CCN(C(=O)NC(C)(C)C)CC3)cc21. The summed E-state index contributed by atoms with van der Waals surface area (Å²) in [4.78, 5) is 53.4. The van der Waals surface area contributed by atoms with E-state index in [-0.39, 0.29) is 29.3 Å². The molecule has 0 aliphatic carbocycles. The van der Waals surface area contributed by atoms with E-state index in [0.29, 0.717) is 31.9 Å². The number of aryl methyl sites for hydroxylation is 1. The van der Waals surface area contributed by atoms with Gasteiger partial charge in [0.1, 0.15) is 0 Å². The number of fused-ring (bicyclic) bond motifs is 1. The first-order valence-electron chi connectivity index (χ1n) is 12.5. The molecule has 2 aliphatic rings. The molecule has 0 unspecified atom stereocenters. The quantitative estimate of drug-likeness (QED) is 0.570. The number of benzene rings is 1. The molecule has 1 aromatic carbocycles. The van der Waals surface area contributed by atoms with Crippen LogP contribution >= 0.6 is 0 Å². The summed E-state index contributed by atoms with van der Waals surface area (Å²) in [7, 11) is 0. The Bertz CT molecular complexity index is 961. The number of piperidine rings is 1. The highest BCUT2D eigenvalue weighted by molar-refractivity contribution is 6.39. The molecule has 0 atom stereocenters. The van der Waals surface area contributed by atoms with Gasteiger partial charge in [-0.2, -0.15) is 0 Å². The first-order valence-corrected chi connectivity index (χ1v) is 12.5. The third-order valence-electron chi connectivity index (χ3n) is 6.36. The van der Waals surface area contributed by atoms with Gasteiger partial charge in [0.2, 0.25) is 5.91 Å². The Morgan fingerprint density at radius 3 is 2.34 bits per heavy atom. The number of likely N-dealkylation sites (tertiary alicyclic amines) is 1. The molecule has 9 nitrogen and oxygen atoms in total. The number of carbonyl (C=O) groups excluding carboxylic acids is 4. The number of urea groups is 1. The second-order valence-corrected chi connectivity index (χ2v) is 10.9. The summed E-state index contributed by atoms with van der Waals surface area (Å²) in [6, 6.07) is 5.38. The van der Waals surface area contributed by atoms with Crippen molar-refractivity contribution in [3.63, 3.8) is 0 Å². The topological polar surface area (TPSA) is 111 Å². The van der Waals surface area contributed by atoms with Crippen molar-refractivity contribution in [2.24, 2.45) is 11.8 Å². The fourth-order valence-electron chi connectivity index (χ4n) is 4.44. The normalized spacial score (nSPS) is 16.5. The number of nitrogens with one attached hydrogen (secondary N) is 3. The van der Waals surface area contributed by atoms with E-state index in [0.717, 1.165) is 36.9 Å². The summed E-state index contributed by atoms with van der Waals surface area (Å²) < 4.78 is 0. The number of carbonyl (C=O) groups is 4. The van der Waals surface area contributed by atoms with Crippen LogP contribution in [0.3, 0.4) is 0 Å². The van der Waals surface area contributed by atoms with Crippen molar-refractivity contribution in [1.29, 1.82) is 0 Å². The van der Waals surface area contributed by atoms with Gasteiger partial charge in [-0.25, -0.2) is 4.79 Å². The predicted octanol–water partition coefficient (Wildman–Crippen LogP) is 2.90. The van der Waals surface area contributed by atoms with Crippen LogP contribution < -0.4 is 20.9 Å². The van der Waals surface area contributed by atoms with Gasteiger partial charge in [0.05, 0.1) is 0 Å². The Morgan fingerprint density at radius 2 is 1.71 bits per heavy atom. The molecule has 0 radical (unpaired) electrons. The maximum absolute atomic E-state index is 12.6. The van der Waals surface area contributed by atoms with Gasteiger partial charge in [-0.15, -0.1) is 0 Å². The molecule has 3 rings (SSSR count). The molecule has 0 bridgehead atoms. The minimum Gasteiger partial charge on any atom is -0.348 e. The summed E-state index contributed by atoms with van der Waals surface area (Å²) in [6.07, 6.45) is 3.32. The lowest BCUT2D eigenvalue weighted by atomic mass is 9.97. The molecular formula is C26H39N5O4. The van der Waals surface area contributed by atoms with Crippen LogP contribution in [0.5, 0.6) is 0 Å². The van der Waals surface area contributed by atoms with Crippen molar-refractivity contribution in [3.05, 3.63) is 23.8 Å². The molecule has 9 heteroatoms. The van der Waals surface area contributed by atoms with Crippen LogP contribution in [-0.4, -0.2) is 60.4 Å². The lowest BCUT2D eigenvalue weighted by molar-refractivity contribution is -0.136. The average molecular weight is 486 g/mol. The summed E-state index contributed by atoms with van der Waals surface area (Å²) in [5, 5.41) is 8.35. The molecule has 192 valence electrons. The second kappa shape index (κ2) is 11.1. The maximum atomic E-state index is 12.6. The highest BCUT2D eigenvalue weighted by atomic mass is 16.2. The number of hydrogen-bond donors (Lipinski definition) is 3. The summed E-state index contributed by atoms with van der Waals surface area (Å²) >= 11 is 0. The van der Waals surface area contributed by atoms with Gasteiger partial charge in [0.15, 0.2) is 0 Å². The van der Waals surface area contributed by atoms with E-state index in [1.807, 2.05) is 40.7 Å². The predicted molar refractivity (Wildman–Crippen MR) is 136 cm³/mol. The fourth-order valence-corrected chi connectivity index (χ4v) is 4.44. The summed E-state index contributed by atoms with van der Waals surface area (Å²) in [5.74, 6) is -1.28. The minimum absolute atomic E-state index is 0.0501. The number of amides is 5. The van der Waals surface area contributed by atoms with E-state index in [2.05, 4.69) is 16.0 Å². The molecule has 2 heterocycles. The smallest absolute Gasteiger partial charge is 0.317 e. The van der Waals surface area contributed by atoms with Crippen LogP contribution in [-0.2, 0) is 20.8 Å². The largest absolute Gasteiger partial charge is 0.348 e. The Balaban J connectivity index is 1.49. The van der Waals surface area contributed by atoms with Crippen LogP contribution in [0.15, 0.2) is 18.2 Å². The summed E-state index contributed by atoms with van der Waals surface area (Å²) in [5.41, 5.74) is 2.08. The van der Waals surface area contributed by atoms with Crippen LogP contribution in [0.25, 0.3) is 0 Å². The number of anilines is 2. The fraction of sp³-hybridized carbons (Fsp3) is 0.615. The number of nitrogens with zero attached hydrogens (tertiary/aromatic N) is 2. The van der Waals surface area contributed by atoms with Crippen molar-refractivity contribution >= 4 is 35.1 Å². The van der Waals surface area contributed by atoms with Gasteiger partial charge in [0, 0.05) is 49.0 Å². The molecule has 1 saturated heterocycles. The average Bonchev–Trinajstić information content (AvgIpc) is 2.80. The molecule has 5 amide bonds. The standard InChI is InChI=1S/C26H39N5O4/c1-17(2)24(34)31-12-6-7-19-8-9-20(15-21(19)31)28-23(33)22(32)27-16-18-10-13-30(14-11-18)25(35)29-26(3,4)5/h8-9,15,17-18H,6-7,10-14,16H2,1-5H3,(H,27,32)(H,28,33)(H,29,35). The van der Waals surface area contributed by atoms with Crippen LogP contribution in [0.1, 0.15) is 59.4 Å². The first kappa shape index (κ1) is 26.5. The van der Waals surface area contributed by atoms with E-state index in [1.165, 1.54) is 0 Å². The van der Waals surface area contributed by atoms with Gasteiger partial charge in [-0.1, -0.05) is 19.9 Å². The van der Waals surface area contributed by atoms with E-state index in [1.54, 1.807) is 21.9 Å². The molecule has 35 heavy (non-hydrogen) atoms. The van der Waals surface area contributed by atoms with Crippen molar-refractivity contribution in [3.8, 4) is 0 Å². The highest BCUT2D eigenvalue weighted by Gasteiger charge is 2.27. The zero-order chi connectivity index (χ0) is 25.8. The second-order valence-electron chi connectivity index (χ2n) is 10.9. The number of hydrogen-bond acceptors (Lipinski definition) is 4. The Labute approximate surface area is 208 Å². The third kappa shape index (κ3) is 7.19. The zero-order valence-electron chi connectivity index (χ0n) is 21.6. The molecular weight excluding hydrogens is 446 g/mol. The molecule has 2 aliphatic heterocycles. The molecule has 0 spiro atoms. The van der Waals surface area contributed by atoms with E-state index in [9.17, 15) is 19.2 Å². The number of rotatable bonds is 4.